The van der Waals surface area contributed by atoms with Crippen molar-refractivity contribution in [3.63, 3.8) is 0 Å². The van der Waals surface area contributed by atoms with Gasteiger partial charge in [0.05, 0.1) is 30.3 Å². The Labute approximate surface area is 194 Å². The van der Waals surface area contributed by atoms with Crippen LogP contribution in [0.3, 0.4) is 0 Å². The molecule has 9 nitrogen and oxygen atoms in total. The molecule has 0 amide bonds. The number of aromatic nitrogens is 3. The second-order valence-corrected chi connectivity index (χ2v) is 9.70. The summed E-state index contributed by atoms with van der Waals surface area (Å²) in [6.45, 7) is -0.126. The van der Waals surface area contributed by atoms with Crippen LogP contribution in [0.4, 0.5) is 18.9 Å². The number of rotatable bonds is 7. The number of aromatic hydroxyl groups is 1. The molecule has 4 rings (SSSR count). The van der Waals surface area contributed by atoms with Gasteiger partial charge in [-0.15, -0.1) is 24.5 Å². The van der Waals surface area contributed by atoms with E-state index in [-0.39, 0.29) is 22.1 Å². The van der Waals surface area contributed by atoms with Crippen LogP contribution in [0.2, 0.25) is 0 Å². The zero-order valence-electron chi connectivity index (χ0n) is 16.9. The lowest BCUT2D eigenvalue weighted by Gasteiger charge is -2.11. The smallest absolute Gasteiger partial charge is 0.493 e. The first kappa shape index (κ1) is 23.4. The van der Waals surface area contributed by atoms with E-state index in [4.69, 9.17) is 0 Å². The number of alkyl halides is 3. The lowest BCUT2D eigenvalue weighted by atomic mass is 10.2. The number of thiophene rings is 1. The maximum atomic E-state index is 12.9. The molecule has 3 aromatic heterocycles. The molecule has 3 heterocycles. The number of ether oxygens (including phenoxy) is 1. The van der Waals surface area contributed by atoms with Crippen molar-refractivity contribution in [1.29, 1.82) is 0 Å². The largest absolute Gasteiger partial charge is 0.573 e. The molecule has 34 heavy (non-hydrogen) atoms. The number of halogens is 3. The van der Waals surface area contributed by atoms with Crippen molar-refractivity contribution in [2.45, 2.75) is 17.1 Å². The van der Waals surface area contributed by atoms with Crippen LogP contribution in [-0.4, -0.2) is 34.0 Å². The van der Waals surface area contributed by atoms with Crippen LogP contribution < -0.4 is 15.1 Å². The number of hydrogen-bond acceptors (Lipinski definition) is 7. The molecule has 14 heteroatoms. The second-order valence-electron chi connectivity index (χ2n) is 6.85. The van der Waals surface area contributed by atoms with Gasteiger partial charge < -0.3 is 9.84 Å². The van der Waals surface area contributed by atoms with Crippen LogP contribution in [0, 0.1) is 0 Å². The Hall–Kier alpha value is -3.78. The quantitative estimate of drug-likeness (QED) is 0.391. The minimum Gasteiger partial charge on any atom is -0.493 e. The molecule has 0 saturated heterocycles. The normalized spacial score (nSPS) is 12.0. The van der Waals surface area contributed by atoms with Crippen molar-refractivity contribution in [3.05, 3.63) is 82.5 Å². The van der Waals surface area contributed by atoms with Gasteiger partial charge in [0.15, 0.2) is 0 Å². The second kappa shape index (κ2) is 8.87. The van der Waals surface area contributed by atoms with Crippen molar-refractivity contribution in [1.82, 2.24) is 14.1 Å². The highest BCUT2D eigenvalue weighted by atomic mass is 32.2. The number of nitrogens with one attached hydrogen (secondary N) is 1. The maximum Gasteiger partial charge on any atom is 0.573 e. The van der Waals surface area contributed by atoms with Gasteiger partial charge in [-0.3, -0.25) is 14.3 Å². The molecular weight excluding hydrogens is 497 g/mol. The summed E-state index contributed by atoms with van der Waals surface area (Å²) in [6, 6.07) is 8.92. The number of benzene rings is 1. The number of imidazole rings is 1. The Kier molecular flexibility index (Phi) is 6.10. The molecule has 178 valence electrons. The average molecular weight is 512 g/mol. The summed E-state index contributed by atoms with van der Waals surface area (Å²) in [5.74, 6) is -0.952. The number of anilines is 1. The third-order valence-electron chi connectivity index (χ3n) is 4.52. The van der Waals surface area contributed by atoms with E-state index in [0.717, 1.165) is 38.8 Å². The van der Waals surface area contributed by atoms with Gasteiger partial charge in [-0.2, -0.15) is 0 Å². The SMILES string of the molecule is O=c1n(Cc2ccncc2NS(=O)(=O)c2cccs2)cc(O)n1-c1ccc(OC(F)(F)F)cc1. The third kappa shape index (κ3) is 5.07. The molecule has 1 aromatic carbocycles. The Morgan fingerprint density at radius 3 is 2.53 bits per heavy atom. The van der Waals surface area contributed by atoms with Crippen LogP contribution in [-0.2, 0) is 16.6 Å². The zero-order valence-corrected chi connectivity index (χ0v) is 18.6. The fourth-order valence-electron chi connectivity index (χ4n) is 3.08. The summed E-state index contributed by atoms with van der Waals surface area (Å²) < 4.78 is 70.5. The Bertz CT molecular complexity index is 1460. The highest BCUT2D eigenvalue weighted by Gasteiger charge is 2.31. The summed E-state index contributed by atoms with van der Waals surface area (Å²) in [7, 11) is -3.86. The highest BCUT2D eigenvalue weighted by molar-refractivity contribution is 7.94. The van der Waals surface area contributed by atoms with Gasteiger partial charge in [0, 0.05) is 6.20 Å². The van der Waals surface area contributed by atoms with E-state index in [1.54, 1.807) is 11.4 Å². The fraction of sp³-hybridized carbons (Fsp3) is 0.100. The monoisotopic (exact) mass is 512 g/mol. The minimum atomic E-state index is -4.86. The fourth-order valence-corrected chi connectivity index (χ4v) is 5.16. The van der Waals surface area contributed by atoms with Gasteiger partial charge in [-0.1, -0.05) is 6.07 Å². The predicted molar refractivity (Wildman–Crippen MR) is 117 cm³/mol. The van der Waals surface area contributed by atoms with Crippen molar-refractivity contribution in [2.24, 2.45) is 0 Å². The number of nitrogens with zero attached hydrogens (tertiary/aromatic N) is 3. The van der Waals surface area contributed by atoms with Crippen LogP contribution in [0.25, 0.3) is 5.69 Å². The van der Waals surface area contributed by atoms with E-state index in [0.29, 0.717) is 5.56 Å². The molecule has 0 aliphatic heterocycles. The van der Waals surface area contributed by atoms with Crippen LogP contribution in [0.5, 0.6) is 11.6 Å². The molecule has 4 aromatic rings. The number of hydrogen-bond donors (Lipinski definition) is 2. The molecule has 0 atom stereocenters. The van der Waals surface area contributed by atoms with Crippen molar-refractivity contribution in [2.75, 3.05) is 4.72 Å². The summed E-state index contributed by atoms with van der Waals surface area (Å²) in [5, 5.41) is 11.9. The molecule has 0 bridgehead atoms. The first-order valence-electron chi connectivity index (χ1n) is 9.40. The summed E-state index contributed by atoms with van der Waals surface area (Å²) in [6.07, 6.45) is -1.03. The van der Waals surface area contributed by atoms with E-state index in [9.17, 15) is 31.5 Å². The van der Waals surface area contributed by atoms with Crippen molar-refractivity contribution < 1.29 is 31.4 Å². The number of pyridine rings is 1. The van der Waals surface area contributed by atoms with E-state index in [1.165, 1.54) is 36.7 Å². The van der Waals surface area contributed by atoms with Gasteiger partial charge >= 0.3 is 12.1 Å². The Morgan fingerprint density at radius 1 is 1.15 bits per heavy atom. The molecule has 0 radical (unpaired) electrons. The van der Waals surface area contributed by atoms with Gasteiger partial charge in [0.1, 0.15) is 9.96 Å². The molecule has 0 saturated carbocycles. The minimum absolute atomic E-state index is 0.0983. The maximum absolute atomic E-state index is 12.9. The van der Waals surface area contributed by atoms with E-state index in [1.807, 2.05) is 0 Å². The van der Waals surface area contributed by atoms with E-state index < -0.39 is 33.7 Å². The molecule has 0 unspecified atom stereocenters. The van der Waals surface area contributed by atoms with Crippen LogP contribution >= 0.6 is 11.3 Å². The molecule has 0 fully saturated rings. The van der Waals surface area contributed by atoms with E-state index >= 15 is 0 Å². The lowest BCUT2D eigenvalue weighted by molar-refractivity contribution is -0.274. The summed E-state index contributed by atoms with van der Waals surface area (Å²) >= 11 is 1.03. The Morgan fingerprint density at radius 2 is 1.88 bits per heavy atom. The standard InChI is InChI=1S/C20H15F3N4O5S2/c21-20(22,23)32-15-5-3-14(4-6-15)27-17(28)12-26(19(27)29)11-13-7-8-24-10-16(13)25-34(30,31)18-2-1-9-33-18/h1-10,12,25,28H,11H2. The molecule has 0 aliphatic carbocycles. The highest BCUT2D eigenvalue weighted by Crippen LogP contribution is 2.26. The van der Waals surface area contributed by atoms with Gasteiger partial charge in [0.2, 0.25) is 5.88 Å². The average Bonchev–Trinajstić information content (AvgIpc) is 3.39. The van der Waals surface area contributed by atoms with Crippen LogP contribution in [0.15, 0.2) is 75.4 Å². The molecule has 0 spiro atoms. The third-order valence-corrected chi connectivity index (χ3v) is 7.29. The van der Waals surface area contributed by atoms with Crippen molar-refractivity contribution in [3.8, 4) is 17.3 Å². The first-order chi connectivity index (χ1) is 16.0. The predicted octanol–water partition coefficient (Wildman–Crippen LogP) is 3.55. The van der Waals surface area contributed by atoms with Gasteiger partial charge in [-0.25, -0.2) is 17.8 Å². The van der Waals surface area contributed by atoms with E-state index in [2.05, 4.69) is 14.4 Å². The van der Waals surface area contributed by atoms with Gasteiger partial charge in [-0.05, 0) is 47.3 Å². The van der Waals surface area contributed by atoms with Gasteiger partial charge in [0.25, 0.3) is 10.0 Å². The lowest BCUT2D eigenvalue weighted by Crippen LogP contribution is -2.24. The zero-order chi connectivity index (χ0) is 24.5. The summed E-state index contributed by atoms with van der Waals surface area (Å²) in [5.41, 5.74) is -0.0676. The van der Waals surface area contributed by atoms with Crippen molar-refractivity contribution >= 4 is 27.0 Å². The molecular formula is C20H15F3N4O5S2. The topological polar surface area (TPSA) is 115 Å². The molecule has 2 N–H and O–H groups in total. The number of sulfonamides is 1. The summed E-state index contributed by atoms with van der Waals surface area (Å²) in [4.78, 5) is 16.8. The molecule has 0 aliphatic rings. The first-order valence-corrected chi connectivity index (χ1v) is 11.8. The van der Waals surface area contributed by atoms with Crippen LogP contribution in [0.1, 0.15) is 5.56 Å². The Balaban J connectivity index is 1.61.